The van der Waals surface area contributed by atoms with Crippen molar-refractivity contribution in [3.8, 4) is 5.75 Å². The molecular formula is C15H13Cl2N3O2. The van der Waals surface area contributed by atoms with Crippen LogP contribution in [-0.4, -0.2) is 23.2 Å². The molecule has 1 amide bonds. The standard InChI is InChI=1S/C15H13Cl2N3O2/c1-10(13-4-2-3-7-18-13)19-20-15(21)9-22-14-6-5-11(16)8-12(14)17/h2-8H,9H2,1H3,(H,20,21)/b19-10-. The topological polar surface area (TPSA) is 63.6 Å². The van der Waals surface area contributed by atoms with E-state index in [0.717, 1.165) is 0 Å². The Morgan fingerprint density at radius 2 is 2.14 bits per heavy atom. The van der Waals surface area contributed by atoms with Crippen molar-refractivity contribution in [2.24, 2.45) is 5.10 Å². The van der Waals surface area contributed by atoms with E-state index in [1.54, 1.807) is 43.5 Å². The second-order valence-electron chi connectivity index (χ2n) is 4.31. The highest BCUT2D eigenvalue weighted by atomic mass is 35.5. The molecule has 0 atom stereocenters. The van der Waals surface area contributed by atoms with Gasteiger partial charge >= 0.3 is 0 Å². The van der Waals surface area contributed by atoms with Crippen molar-refractivity contribution in [2.45, 2.75) is 6.92 Å². The van der Waals surface area contributed by atoms with Crippen LogP contribution >= 0.6 is 23.2 Å². The predicted molar refractivity (Wildman–Crippen MR) is 86.5 cm³/mol. The zero-order chi connectivity index (χ0) is 15.9. The fourth-order valence-corrected chi connectivity index (χ4v) is 2.01. The molecule has 0 unspecified atom stereocenters. The number of nitrogens with zero attached hydrogens (tertiary/aromatic N) is 2. The molecule has 5 nitrogen and oxygen atoms in total. The maximum absolute atomic E-state index is 11.7. The van der Waals surface area contributed by atoms with Crippen molar-refractivity contribution in [1.29, 1.82) is 0 Å². The van der Waals surface area contributed by atoms with Gasteiger partial charge in [-0.1, -0.05) is 29.3 Å². The molecule has 1 aromatic heterocycles. The first-order chi connectivity index (χ1) is 10.6. The first-order valence-corrected chi connectivity index (χ1v) is 7.14. The molecule has 0 spiro atoms. The van der Waals surface area contributed by atoms with Crippen LogP contribution in [0.15, 0.2) is 47.7 Å². The maximum Gasteiger partial charge on any atom is 0.277 e. The summed E-state index contributed by atoms with van der Waals surface area (Å²) >= 11 is 11.7. The van der Waals surface area contributed by atoms with E-state index in [2.05, 4.69) is 15.5 Å². The molecular weight excluding hydrogens is 325 g/mol. The Kier molecular flexibility index (Phi) is 5.75. The fourth-order valence-electron chi connectivity index (χ4n) is 1.55. The van der Waals surface area contributed by atoms with Crippen molar-refractivity contribution in [1.82, 2.24) is 10.4 Å². The summed E-state index contributed by atoms with van der Waals surface area (Å²) in [5.74, 6) is -0.0204. The Morgan fingerprint density at radius 3 is 2.82 bits per heavy atom. The number of carbonyl (C=O) groups is 1. The highest BCUT2D eigenvalue weighted by molar-refractivity contribution is 6.35. The van der Waals surface area contributed by atoms with Crippen LogP contribution < -0.4 is 10.2 Å². The van der Waals surface area contributed by atoms with E-state index in [1.807, 2.05) is 6.07 Å². The molecule has 22 heavy (non-hydrogen) atoms. The lowest BCUT2D eigenvalue weighted by molar-refractivity contribution is -0.123. The Morgan fingerprint density at radius 1 is 1.32 bits per heavy atom. The third kappa shape index (κ3) is 4.72. The second-order valence-corrected chi connectivity index (χ2v) is 5.15. The van der Waals surface area contributed by atoms with E-state index < -0.39 is 5.91 Å². The van der Waals surface area contributed by atoms with Gasteiger partial charge in [0.1, 0.15) is 5.75 Å². The Balaban J connectivity index is 1.88. The molecule has 0 saturated carbocycles. The minimum absolute atomic E-state index is 0.208. The first-order valence-electron chi connectivity index (χ1n) is 6.38. The Hall–Kier alpha value is -2.11. The van der Waals surface area contributed by atoms with Gasteiger partial charge in [0, 0.05) is 11.2 Å². The third-order valence-electron chi connectivity index (χ3n) is 2.64. The number of amides is 1. The minimum Gasteiger partial charge on any atom is -0.482 e. The van der Waals surface area contributed by atoms with E-state index in [1.165, 1.54) is 0 Å². The molecule has 7 heteroatoms. The SMILES string of the molecule is C/C(=N/NC(=O)COc1ccc(Cl)cc1Cl)c1ccccn1. The monoisotopic (exact) mass is 337 g/mol. The number of nitrogens with one attached hydrogen (secondary N) is 1. The van der Waals surface area contributed by atoms with Crippen molar-refractivity contribution < 1.29 is 9.53 Å². The lowest BCUT2D eigenvalue weighted by Crippen LogP contribution is -2.25. The molecule has 0 aliphatic carbocycles. The quantitative estimate of drug-likeness (QED) is 0.672. The van der Waals surface area contributed by atoms with Gasteiger partial charge in [-0.05, 0) is 37.3 Å². The maximum atomic E-state index is 11.7. The number of ether oxygens (including phenoxy) is 1. The lowest BCUT2D eigenvalue weighted by atomic mass is 10.3. The molecule has 0 saturated heterocycles. The molecule has 0 radical (unpaired) electrons. The highest BCUT2D eigenvalue weighted by Crippen LogP contribution is 2.27. The van der Waals surface area contributed by atoms with Gasteiger partial charge in [-0.3, -0.25) is 9.78 Å². The van der Waals surface area contributed by atoms with Crippen molar-refractivity contribution in [2.75, 3.05) is 6.61 Å². The summed E-state index contributed by atoms with van der Waals surface area (Å²) in [6.07, 6.45) is 1.65. The number of hydrogen-bond acceptors (Lipinski definition) is 4. The number of hydrazone groups is 1. The summed E-state index contributed by atoms with van der Waals surface area (Å²) in [5, 5.41) is 4.80. The number of hydrogen-bond donors (Lipinski definition) is 1. The lowest BCUT2D eigenvalue weighted by Gasteiger charge is -2.07. The molecule has 2 rings (SSSR count). The van der Waals surface area contributed by atoms with Crippen LogP contribution in [0.1, 0.15) is 12.6 Å². The molecule has 0 bridgehead atoms. The summed E-state index contributed by atoms with van der Waals surface area (Å²) in [4.78, 5) is 15.8. The zero-order valence-electron chi connectivity index (χ0n) is 11.7. The molecule has 2 aromatic rings. The molecule has 0 aliphatic heterocycles. The van der Waals surface area contributed by atoms with Crippen molar-refractivity contribution >= 4 is 34.8 Å². The Labute approximate surface area is 137 Å². The first kappa shape index (κ1) is 16.3. The summed E-state index contributed by atoms with van der Waals surface area (Å²) in [5.41, 5.74) is 3.68. The van der Waals surface area contributed by atoms with Crippen LogP contribution in [0, 0.1) is 0 Å². The summed E-state index contributed by atoms with van der Waals surface area (Å²) in [7, 11) is 0. The average Bonchev–Trinajstić information content (AvgIpc) is 2.52. The van der Waals surface area contributed by atoms with Gasteiger partial charge in [0.25, 0.3) is 5.91 Å². The molecule has 114 valence electrons. The summed E-state index contributed by atoms with van der Waals surface area (Å²) in [6.45, 7) is 1.54. The number of rotatable bonds is 5. The van der Waals surface area contributed by atoms with Crippen LogP contribution in [0.3, 0.4) is 0 Å². The smallest absolute Gasteiger partial charge is 0.277 e. The van der Waals surface area contributed by atoms with Gasteiger partial charge in [-0.2, -0.15) is 5.10 Å². The van der Waals surface area contributed by atoms with Gasteiger partial charge in [0.15, 0.2) is 6.61 Å². The average molecular weight is 338 g/mol. The van der Waals surface area contributed by atoms with Crippen LogP contribution in [0.5, 0.6) is 5.75 Å². The van der Waals surface area contributed by atoms with Gasteiger partial charge < -0.3 is 4.74 Å². The van der Waals surface area contributed by atoms with Crippen LogP contribution in [0.2, 0.25) is 10.0 Å². The number of carbonyl (C=O) groups excluding carboxylic acids is 1. The Bertz CT molecular complexity index is 690. The second kappa shape index (κ2) is 7.77. The normalized spacial score (nSPS) is 11.1. The van der Waals surface area contributed by atoms with E-state index in [-0.39, 0.29) is 6.61 Å². The van der Waals surface area contributed by atoms with Gasteiger partial charge in [-0.25, -0.2) is 5.43 Å². The number of aromatic nitrogens is 1. The molecule has 0 fully saturated rings. The van der Waals surface area contributed by atoms with Crippen molar-refractivity contribution in [3.05, 3.63) is 58.3 Å². The predicted octanol–water partition coefficient (Wildman–Crippen LogP) is 3.31. The van der Waals surface area contributed by atoms with Gasteiger partial charge in [0.05, 0.1) is 16.4 Å². The molecule has 1 N–H and O–H groups in total. The van der Waals surface area contributed by atoms with Gasteiger partial charge in [0.2, 0.25) is 0 Å². The van der Waals surface area contributed by atoms with E-state index in [0.29, 0.717) is 27.2 Å². The molecule has 1 heterocycles. The minimum atomic E-state index is -0.402. The largest absolute Gasteiger partial charge is 0.482 e. The number of pyridine rings is 1. The molecule has 1 aromatic carbocycles. The third-order valence-corrected chi connectivity index (χ3v) is 3.17. The van der Waals surface area contributed by atoms with Crippen LogP contribution in [-0.2, 0) is 4.79 Å². The number of halogens is 2. The summed E-state index contributed by atoms with van der Waals surface area (Å²) in [6, 6.07) is 10.2. The molecule has 0 aliphatic rings. The fraction of sp³-hybridized carbons (Fsp3) is 0.133. The van der Waals surface area contributed by atoms with Crippen molar-refractivity contribution in [3.63, 3.8) is 0 Å². The van der Waals surface area contributed by atoms with Crippen LogP contribution in [0.25, 0.3) is 0 Å². The highest BCUT2D eigenvalue weighted by Gasteiger charge is 2.06. The number of benzene rings is 1. The van der Waals surface area contributed by atoms with E-state index in [4.69, 9.17) is 27.9 Å². The van der Waals surface area contributed by atoms with Crippen LogP contribution in [0.4, 0.5) is 0 Å². The van der Waals surface area contributed by atoms with Gasteiger partial charge in [-0.15, -0.1) is 0 Å². The van der Waals surface area contributed by atoms with E-state index >= 15 is 0 Å². The summed E-state index contributed by atoms with van der Waals surface area (Å²) < 4.78 is 5.30. The van der Waals surface area contributed by atoms with E-state index in [9.17, 15) is 4.79 Å². The zero-order valence-corrected chi connectivity index (χ0v) is 13.2.